The first kappa shape index (κ1) is 19.7. The normalized spacial score (nSPS) is 20.5. The Bertz CT molecular complexity index is 873. The molecule has 1 fully saturated rings. The fourth-order valence-corrected chi connectivity index (χ4v) is 6.48. The lowest BCUT2D eigenvalue weighted by Gasteiger charge is -2.37. The zero-order valence-electron chi connectivity index (χ0n) is 17.0. The number of rotatable bonds is 4. The van der Waals surface area contributed by atoms with Crippen molar-refractivity contribution in [2.45, 2.75) is 70.6 Å². The van der Waals surface area contributed by atoms with Crippen molar-refractivity contribution in [2.24, 2.45) is 11.1 Å². The van der Waals surface area contributed by atoms with Gasteiger partial charge in [-0.2, -0.15) is 0 Å². The van der Waals surface area contributed by atoms with E-state index in [2.05, 4.69) is 38.1 Å². The topological polar surface area (TPSA) is 63.3 Å². The highest BCUT2D eigenvalue weighted by Crippen LogP contribution is 2.46. The molecule has 0 atom stereocenters. The summed E-state index contributed by atoms with van der Waals surface area (Å²) in [5, 5.41) is 9.97. The van der Waals surface area contributed by atoms with Gasteiger partial charge in [-0.3, -0.25) is 0 Å². The number of carbonyl (C=O) groups is 1. The summed E-state index contributed by atoms with van der Waals surface area (Å²) in [4.78, 5) is 14.3. The second kappa shape index (κ2) is 7.31. The summed E-state index contributed by atoms with van der Waals surface area (Å²) >= 11 is 1.68. The molecule has 0 bridgehead atoms. The second-order valence-electron chi connectivity index (χ2n) is 9.48. The van der Waals surface area contributed by atoms with Gasteiger partial charge in [0, 0.05) is 21.7 Å². The van der Waals surface area contributed by atoms with E-state index in [-0.39, 0.29) is 10.8 Å². The Balaban J connectivity index is 1.72. The van der Waals surface area contributed by atoms with Gasteiger partial charge in [0.1, 0.15) is 0 Å². The summed E-state index contributed by atoms with van der Waals surface area (Å²) in [6, 6.07) is 8.63. The van der Waals surface area contributed by atoms with E-state index in [0.29, 0.717) is 12.1 Å². The number of thiophene rings is 1. The fourth-order valence-electron chi connectivity index (χ4n) is 5.16. The van der Waals surface area contributed by atoms with Crippen molar-refractivity contribution in [2.75, 3.05) is 6.54 Å². The van der Waals surface area contributed by atoms with Crippen LogP contribution in [0.2, 0.25) is 0 Å². The first-order valence-corrected chi connectivity index (χ1v) is 11.4. The van der Waals surface area contributed by atoms with Crippen molar-refractivity contribution < 1.29 is 9.90 Å². The zero-order chi connectivity index (χ0) is 19.9. The van der Waals surface area contributed by atoms with Gasteiger partial charge >= 0.3 is 5.97 Å². The van der Waals surface area contributed by atoms with E-state index in [1.165, 1.54) is 29.7 Å². The third-order valence-corrected chi connectivity index (χ3v) is 8.29. The van der Waals surface area contributed by atoms with Crippen LogP contribution in [-0.4, -0.2) is 17.6 Å². The Labute approximate surface area is 172 Å². The number of carboxylic acids is 1. The second-order valence-corrected chi connectivity index (χ2v) is 10.6. The highest BCUT2D eigenvalue weighted by molar-refractivity contribution is 7.16. The molecule has 2 aromatic rings. The van der Waals surface area contributed by atoms with Gasteiger partial charge in [0.25, 0.3) is 0 Å². The van der Waals surface area contributed by atoms with Crippen molar-refractivity contribution in [1.82, 2.24) is 0 Å². The predicted octanol–water partition coefficient (Wildman–Crippen LogP) is 5.79. The summed E-state index contributed by atoms with van der Waals surface area (Å²) < 4.78 is 0. The van der Waals surface area contributed by atoms with Gasteiger partial charge < -0.3 is 10.8 Å². The molecule has 4 rings (SSSR count). The predicted molar refractivity (Wildman–Crippen MR) is 116 cm³/mol. The number of fused-ring (bicyclic) bond motifs is 1. The first-order chi connectivity index (χ1) is 13.4. The molecule has 4 heteroatoms. The molecule has 1 aromatic carbocycles. The summed E-state index contributed by atoms with van der Waals surface area (Å²) in [5.74, 6) is -0.792. The number of benzene rings is 1. The van der Waals surface area contributed by atoms with Gasteiger partial charge in [-0.05, 0) is 54.2 Å². The van der Waals surface area contributed by atoms with E-state index in [1.54, 1.807) is 11.3 Å². The van der Waals surface area contributed by atoms with E-state index in [4.69, 9.17) is 5.73 Å². The maximum Gasteiger partial charge on any atom is 0.337 e. The van der Waals surface area contributed by atoms with E-state index < -0.39 is 5.97 Å². The average molecular weight is 398 g/mol. The third kappa shape index (κ3) is 3.42. The van der Waals surface area contributed by atoms with Crippen molar-refractivity contribution in [1.29, 1.82) is 0 Å². The smallest absolute Gasteiger partial charge is 0.337 e. The van der Waals surface area contributed by atoms with Crippen LogP contribution in [0, 0.1) is 5.41 Å². The number of carboxylic acid groups (broad SMARTS) is 1. The highest BCUT2D eigenvalue weighted by atomic mass is 32.1. The Morgan fingerprint density at radius 3 is 2.39 bits per heavy atom. The van der Waals surface area contributed by atoms with E-state index in [1.807, 2.05) is 0 Å². The van der Waals surface area contributed by atoms with Crippen LogP contribution in [0.25, 0.3) is 10.4 Å². The largest absolute Gasteiger partial charge is 0.478 e. The Morgan fingerprint density at radius 2 is 1.79 bits per heavy atom. The molecule has 0 aliphatic heterocycles. The lowest BCUT2D eigenvalue weighted by molar-refractivity contribution is 0.0696. The molecule has 150 valence electrons. The van der Waals surface area contributed by atoms with Crippen LogP contribution in [0.5, 0.6) is 0 Å². The van der Waals surface area contributed by atoms with Crippen LogP contribution in [0.15, 0.2) is 24.3 Å². The lowest BCUT2D eigenvalue weighted by Crippen LogP contribution is -2.37. The molecular weight excluding hydrogens is 366 g/mol. The maximum atomic E-state index is 12.1. The fraction of sp³-hybridized carbons (Fsp3) is 0.542. The van der Waals surface area contributed by atoms with Crippen molar-refractivity contribution in [3.8, 4) is 10.4 Å². The third-order valence-electron chi connectivity index (χ3n) is 6.95. The summed E-state index contributed by atoms with van der Waals surface area (Å²) in [6.45, 7) is 5.17. The van der Waals surface area contributed by atoms with Gasteiger partial charge in [-0.1, -0.05) is 57.4 Å². The molecule has 0 radical (unpaired) electrons. The number of hydrogen-bond acceptors (Lipinski definition) is 3. The standard InChI is InChI=1S/C24H31NO2S/c1-23(2)13-10-19-18(14-23)20(22(26)27)21(28-19)16-6-8-17(9-7-16)24(15-25)11-4-3-5-12-24/h6-9H,3-5,10-15,25H2,1-2H3,(H,26,27). The molecule has 2 aliphatic carbocycles. The van der Waals surface area contributed by atoms with Gasteiger partial charge in [0.05, 0.1) is 5.56 Å². The van der Waals surface area contributed by atoms with Crippen LogP contribution in [0.1, 0.15) is 78.7 Å². The van der Waals surface area contributed by atoms with Crippen LogP contribution in [0.3, 0.4) is 0 Å². The van der Waals surface area contributed by atoms with Crippen LogP contribution in [0.4, 0.5) is 0 Å². The van der Waals surface area contributed by atoms with Crippen molar-refractivity contribution in [3.63, 3.8) is 0 Å². The summed E-state index contributed by atoms with van der Waals surface area (Å²) in [6.07, 6.45) is 9.08. The Kier molecular flexibility index (Phi) is 5.13. The Hall–Kier alpha value is -1.65. The molecule has 3 N–H and O–H groups in total. The molecule has 0 amide bonds. The molecule has 1 saturated carbocycles. The molecule has 1 heterocycles. The molecule has 0 saturated heterocycles. The van der Waals surface area contributed by atoms with Crippen molar-refractivity contribution in [3.05, 3.63) is 45.8 Å². The molecule has 2 aliphatic rings. The van der Waals surface area contributed by atoms with Crippen LogP contribution in [-0.2, 0) is 18.3 Å². The lowest BCUT2D eigenvalue weighted by atomic mass is 9.69. The molecule has 0 unspecified atom stereocenters. The van der Waals surface area contributed by atoms with Crippen LogP contribution < -0.4 is 5.73 Å². The summed E-state index contributed by atoms with van der Waals surface area (Å²) in [5.41, 5.74) is 10.4. The molecule has 28 heavy (non-hydrogen) atoms. The Morgan fingerprint density at radius 1 is 1.11 bits per heavy atom. The monoisotopic (exact) mass is 397 g/mol. The average Bonchev–Trinajstić information content (AvgIpc) is 3.06. The molecule has 1 aromatic heterocycles. The van der Waals surface area contributed by atoms with Gasteiger partial charge in [-0.25, -0.2) is 4.79 Å². The SMILES string of the molecule is CC1(C)CCc2sc(-c3ccc(C4(CN)CCCCC4)cc3)c(C(=O)O)c2C1. The first-order valence-electron chi connectivity index (χ1n) is 10.5. The zero-order valence-corrected chi connectivity index (χ0v) is 17.8. The number of nitrogens with two attached hydrogens (primary N) is 1. The number of hydrogen-bond donors (Lipinski definition) is 2. The quantitative estimate of drug-likeness (QED) is 0.686. The van der Waals surface area contributed by atoms with E-state index in [9.17, 15) is 9.90 Å². The maximum absolute atomic E-state index is 12.1. The minimum Gasteiger partial charge on any atom is -0.478 e. The molecule has 0 spiro atoms. The van der Waals surface area contributed by atoms with Gasteiger partial charge in [-0.15, -0.1) is 11.3 Å². The molecule has 3 nitrogen and oxygen atoms in total. The van der Waals surface area contributed by atoms with E-state index >= 15 is 0 Å². The van der Waals surface area contributed by atoms with Crippen LogP contribution >= 0.6 is 11.3 Å². The highest BCUT2D eigenvalue weighted by Gasteiger charge is 2.34. The molecular formula is C24H31NO2S. The van der Waals surface area contributed by atoms with E-state index in [0.717, 1.165) is 48.1 Å². The van der Waals surface area contributed by atoms with Gasteiger partial charge in [0.15, 0.2) is 0 Å². The van der Waals surface area contributed by atoms with Gasteiger partial charge in [0.2, 0.25) is 0 Å². The number of aromatic carboxylic acids is 1. The van der Waals surface area contributed by atoms with Crippen molar-refractivity contribution >= 4 is 17.3 Å². The minimum absolute atomic E-state index is 0.102. The summed E-state index contributed by atoms with van der Waals surface area (Å²) in [7, 11) is 0. The minimum atomic E-state index is -0.792. The number of aryl methyl sites for hydroxylation is 1.